The van der Waals surface area contributed by atoms with Crippen LogP contribution in [0, 0.1) is 0 Å². The van der Waals surface area contributed by atoms with Crippen LogP contribution in [0.4, 0.5) is 0 Å². The second-order valence-electron chi connectivity index (χ2n) is 6.77. The maximum absolute atomic E-state index is 12.5. The Morgan fingerprint density at radius 2 is 2.17 bits per heavy atom. The average molecular weight is 426 g/mol. The van der Waals surface area contributed by atoms with Crippen molar-refractivity contribution >= 4 is 34.9 Å². The molecule has 1 fully saturated rings. The minimum atomic E-state index is -0.212. The van der Waals surface area contributed by atoms with Crippen LogP contribution in [-0.2, 0) is 9.53 Å². The maximum Gasteiger partial charge on any atom is 0.223 e. The first-order valence-electron chi connectivity index (χ1n) is 9.82. The standard InChI is InChI=1S/C21H23N5O3S/c27-20(9-14-30-13-8-17-5-2-1-3-6-17)25-11-12-28-18(15-25)16-29-26-21-19(23-24-26)7-4-10-22-21/h1-8,10,13,18H,9,11-12,14-16H2/b13-8-. The number of rotatable bonds is 8. The first-order chi connectivity index (χ1) is 14.8. The summed E-state index contributed by atoms with van der Waals surface area (Å²) in [4.78, 5) is 25.6. The number of carbonyl (C=O) groups excluding carboxylic acids is 1. The molecule has 156 valence electrons. The third-order valence-corrected chi connectivity index (χ3v) is 5.41. The van der Waals surface area contributed by atoms with Crippen molar-refractivity contribution in [1.29, 1.82) is 0 Å². The molecule has 0 saturated carbocycles. The smallest absolute Gasteiger partial charge is 0.223 e. The lowest BCUT2D eigenvalue weighted by atomic mass is 10.2. The lowest BCUT2D eigenvalue weighted by Crippen LogP contribution is -2.48. The molecule has 1 saturated heterocycles. The summed E-state index contributed by atoms with van der Waals surface area (Å²) < 4.78 is 5.74. The highest BCUT2D eigenvalue weighted by Crippen LogP contribution is 2.13. The molecular formula is C21H23N5O3S. The first-order valence-corrected chi connectivity index (χ1v) is 10.9. The molecule has 9 heteroatoms. The zero-order chi connectivity index (χ0) is 20.6. The number of pyridine rings is 1. The zero-order valence-corrected chi connectivity index (χ0v) is 17.3. The molecule has 0 bridgehead atoms. The molecule has 0 aliphatic carbocycles. The Labute approximate surface area is 178 Å². The van der Waals surface area contributed by atoms with Gasteiger partial charge in [0.25, 0.3) is 0 Å². The Kier molecular flexibility index (Phi) is 6.94. The summed E-state index contributed by atoms with van der Waals surface area (Å²) in [7, 11) is 0. The molecule has 3 aromatic rings. The molecule has 0 N–H and O–H groups in total. The van der Waals surface area contributed by atoms with Gasteiger partial charge in [0.1, 0.15) is 18.2 Å². The van der Waals surface area contributed by atoms with Gasteiger partial charge in [0, 0.05) is 24.9 Å². The largest absolute Gasteiger partial charge is 0.391 e. The number of thioether (sulfide) groups is 1. The van der Waals surface area contributed by atoms with Crippen LogP contribution in [-0.4, -0.2) is 69.1 Å². The fourth-order valence-corrected chi connectivity index (χ4v) is 3.78. The quantitative estimate of drug-likeness (QED) is 0.512. The summed E-state index contributed by atoms with van der Waals surface area (Å²) >= 11 is 1.64. The Morgan fingerprint density at radius 3 is 3.07 bits per heavy atom. The summed E-state index contributed by atoms with van der Waals surface area (Å²) in [6.45, 7) is 1.88. The van der Waals surface area contributed by atoms with Crippen molar-refractivity contribution in [3.8, 4) is 0 Å². The van der Waals surface area contributed by atoms with Gasteiger partial charge in [-0.15, -0.1) is 16.9 Å². The monoisotopic (exact) mass is 425 g/mol. The Bertz CT molecular complexity index is 994. The van der Waals surface area contributed by atoms with E-state index in [0.29, 0.717) is 37.3 Å². The Hall–Kier alpha value is -2.91. The van der Waals surface area contributed by atoms with E-state index in [1.165, 1.54) is 4.85 Å². The molecule has 30 heavy (non-hydrogen) atoms. The molecule has 2 aromatic heterocycles. The van der Waals surface area contributed by atoms with Gasteiger partial charge in [-0.3, -0.25) is 4.79 Å². The van der Waals surface area contributed by atoms with Crippen molar-refractivity contribution in [2.24, 2.45) is 0 Å². The van der Waals surface area contributed by atoms with Crippen molar-refractivity contribution in [1.82, 2.24) is 25.0 Å². The molecule has 1 amide bonds. The number of carbonyl (C=O) groups is 1. The maximum atomic E-state index is 12.5. The zero-order valence-electron chi connectivity index (χ0n) is 16.5. The topological polar surface area (TPSA) is 82.4 Å². The Balaban J connectivity index is 1.20. The summed E-state index contributed by atoms with van der Waals surface area (Å²) in [5, 5.41) is 9.99. The SMILES string of the molecule is O=C(CCS/C=C\c1ccccc1)N1CCOC(COn2nnc3cccnc32)C1. The van der Waals surface area contributed by atoms with Gasteiger partial charge in [0.2, 0.25) is 11.6 Å². The van der Waals surface area contributed by atoms with E-state index in [-0.39, 0.29) is 18.6 Å². The molecule has 3 heterocycles. The van der Waals surface area contributed by atoms with E-state index >= 15 is 0 Å². The van der Waals surface area contributed by atoms with Crippen LogP contribution in [0.25, 0.3) is 17.2 Å². The van der Waals surface area contributed by atoms with Gasteiger partial charge in [0.05, 0.1) is 13.2 Å². The lowest BCUT2D eigenvalue weighted by Gasteiger charge is -2.32. The van der Waals surface area contributed by atoms with Crippen molar-refractivity contribution in [3.05, 3.63) is 59.6 Å². The minimum Gasteiger partial charge on any atom is -0.391 e. The van der Waals surface area contributed by atoms with Gasteiger partial charge in [-0.2, -0.15) is 0 Å². The fourth-order valence-electron chi connectivity index (χ4n) is 3.10. The van der Waals surface area contributed by atoms with E-state index in [9.17, 15) is 4.79 Å². The second-order valence-corrected chi connectivity index (χ2v) is 7.78. The van der Waals surface area contributed by atoms with E-state index in [1.54, 1.807) is 24.0 Å². The van der Waals surface area contributed by atoms with Gasteiger partial charge in [-0.1, -0.05) is 35.2 Å². The molecule has 0 spiro atoms. The Morgan fingerprint density at radius 1 is 1.27 bits per heavy atom. The van der Waals surface area contributed by atoms with Crippen LogP contribution in [0.1, 0.15) is 12.0 Å². The minimum absolute atomic E-state index is 0.136. The van der Waals surface area contributed by atoms with Crippen molar-refractivity contribution in [2.45, 2.75) is 12.5 Å². The van der Waals surface area contributed by atoms with Crippen LogP contribution >= 0.6 is 11.8 Å². The van der Waals surface area contributed by atoms with E-state index in [2.05, 4.69) is 33.5 Å². The number of fused-ring (bicyclic) bond motifs is 1. The van der Waals surface area contributed by atoms with Gasteiger partial charge in [-0.25, -0.2) is 4.98 Å². The fraction of sp³-hybridized carbons (Fsp3) is 0.333. The third kappa shape index (κ3) is 5.37. The number of hydrogen-bond acceptors (Lipinski definition) is 7. The molecule has 4 rings (SSSR count). The van der Waals surface area contributed by atoms with Crippen molar-refractivity contribution in [3.63, 3.8) is 0 Å². The molecule has 0 radical (unpaired) electrons. The van der Waals surface area contributed by atoms with E-state index in [0.717, 1.165) is 11.3 Å². The second kappa shape index (κ2) is 10.2. The van der Waals surface area contributed by atoms with Crippen LogP contribution < -0.4 is 4.84 Å². The van der Waals surface area contributed by atoms with E-state index < -0.39 is 0 Å². The molecule has 1 atom stereocenters. The molecule has 1 aliphatic rings. The summed E-state index contributed by atoms with van der Waals surface area (Å²) in [5.41, 5.74) is 2.38. The van der Waals surface area contributed by atoms with Crippen LogP contribution in [0.2, 0.25) is 0 Å². The summed E-state index contributed by atoms with van der Waals surface area (Å²) in [5.74, 6) is 0.883. The summed E-state index contributed by atoms with van der Waals surface area (Å²) in [6, 6.07) is 13.7. The summed E-state index contributed by atoms with van der Waals surface area (Å²) in [6.07, 6.45) is 4.00. The lowest BCUT2D eigenvalue weighted by molar-refractivity contribution is -0.141. The highest BCUT2D eigenvalue weighted by molar-refractivity contribution is 8.02. The van der Waals surface area contributed by atoms with E-state index in [1.807, 2.05) is 34.6 Å². The van der Waals surface area contributed by atoms with Crippen LogP contribution in [0.5, 0.6) is 0 Å². The molecule has 8 nitrogen and oxygen atoms in total. The third-order valence-electron chi connectivity index (χ3n) is 4.65. The first kappa shape index (κ1) is 20.4. The predicted octanol–water partition coefficient (Wildman–Crippen LogP) is 2.28. The molecular weight excluding hydrogens is 402 g/mol. The van der Waals surface area contributed by atoms with Gasteiger partial charge in [0.15, 0.2) is 0 Å². The number of ether oxygens (including phenoxy) is 1. The molecule has 1 aliphatic heterocycles. The number of aromatic nitrogens is 4. The van der Waals surface area contributed by atoms with Gasteiger partial charge >= 0.3 is 0 Å². The average Bonchev–Trinajstić information content (AvgIpc) is 3.21. The van der Waals surface area contributed by atoms with Crippen LogP contribution in [0.3, 0.4) is 0 Å². The highest BCUT2D eigenvalue weighted by Gasteiger charge is 2.25. The van der Waals surface area contributed by atoms with Gasteiger partial charge in [-0.05, 0) is 34.4 Å². The van der Waals surface area contributed by atoms with Gasteiger partial charge < -0.3 is 14.5 Å². The number of benzene rings is 1. The highest BCUT2D eigenvalue weighted by atomic mass is 32.2. The number of nitrogens with zero attached hydrogens (tertiary/aromatic N) is 5. The van der Waals surface area contributed by atoms with Crippen molar-refractivity contribution < 1.29 is 14.4 Å². The molecule has 1 unspecified atom stereocenters. The normalized spacial score (nSPS) is 16.9. The molecule has 1 aromatic carbocycles. The number of amides is 1. The van der Waals surface area contributed by atoms with Crippen molar-refractivity contribution in [2.75, 3.05) is 32.1 Å². The van der Waals surface area contributed by atoms with E-state index in [4.69, 9.17) is 9.57 Å². The van der Waals surface area contributed by atoms with Crippen LogP contribution in [0.15, 0.2) is 54.1 Å². The number of morpholine rings is 1. The number of hydrogen-bond donors (Lipinski definition) is 0. The predicted molar refractivity (Wildman–Crippen MR) is 116 cm³/mol.